The fraction of sp³-hybridized carbons (Fsp3) is 0.388. The van der Waals surface area contributed by atoms with Crippen molar-refractivity contribution in [1.29, 1.82) is 0 Å². The van der Waals surface area contributed by atoms with Crippen LogP contribution in [0.5, 0.6) is 0 Å². The second-order valence-electron chi connectivity index (χ2n) is 15.8. The molecule has 2 saturated heterocycles. The van der Waals surface area contributed by atoms with Gasteiger partial charge < -0.3 is 52.1 Å². The van der Waals surface area contributed by atoms with Crippen molar-refractivity contribution in [3.8, 4) is 0 Å². The summed E-state index contributed by atoms with van der Waals surface area (Å²) in [6.07, 6.45) is -14.1. The lowest BCUT2D eigenvalue weighted by molar-refractivity contribution is -0.319. The fourth-order valence-electron chi connectivity index (χ4n) is 8.08. The summed E-state index contributed by atoms with van der Waals surface area (Å²) in [4.78, 5) is 81.1. The Balaban J connectivity index is 1.26. The average molecular weight is 926 g/mol. The summed E-state index contributed by atoms with van der Waals surface area (Å²) in [7, 11) is 1.40. The highest BCUT2D eigenvalue weighted by Gasteiger charge is 2.59. The van der Waals surface area contributed by atoms with Gasteiger partial charge in [0.25, 0.3) is 11.8 Å². The highest BCUT2D eigenvalue weighted by Crippen LogP contribution is 2.37. The molecule has 18 heteroatoms. The zero-order valence-electron chi connectivity index (χ0n) is 37.2. The minimum Gasteiger partial charge on any atom is -0.463 e. The number of ether oxygens (including phenoxy) is 11. The van der Waals surface area contributed by atoms with Gasteiger partial charge in [-0.15, -0.1) is 0 Å². The summed E-state index contributed by atoms with van der Waals surface area (Å²) in [5.41, 5.74) is 2.42. The third-order valence-electron chi connectivity index (χ3n) is 11.0. The summed E-state index contributed by atoms with van der Waals surface area (Å²) >= 11 is 0. The number of amides is 2. The molecule has 0 saturated carbocycles. The number of imide groups is 1. The molecule has 0 aliphatic carbocycles. The number of methoxy groups -OCH3 is 1. The molecule has 7 rings (SSSR count). The zero-order valence-corrected chi connectivity index (χ0v) is 37.2. The Bertz CT molecular complexity index is 2300. The van der Waals surface area contributed by atoms with Crippen molar-refractivity contribution in [3.05, 3.63) is 143 Å². The molecule has 0 bridgehead atoms. The van der Waals surface area contributed by atoms with Gasteiger partial charge in [0.05, 0.1) is 37.6 Å². The van der Waals surface area contributed by atoms with Gasteiger partial charge in [-0.25, -0.2) is 4.79 Å². The maximum absolute atomic E-state index is 14.6. The second kappa shape index (κ2) is 22.8. The van der Waals surface area contributed by atoms with Gasteiger partial charge in [-0.2, -0.15) is 0 Å². The van der Waals surface area contributed by atoms with Crippen LogP contribution in [-0.4, -0.2) is 122 Å². The van der Waals surface area contributed by atoms with E-state index < -0.39 is 104 Å². The van der Waals surface area contributed by atoms with Crippen LogP contribution in [0.15, 0.2) is 115 Å². The van der Waals surface area contributed by atoms with Crippen molar-refractivity contribution in [1.82, 2.24) is 4.90 Å². The van der Waals surface area contributed by atoms with E-state index in [1.54, 1.807) is 12.1 Å². The lowest BCUT2D eigenvalue weighted by atomic mass is 9.94. The van der Waals surface area contributed by atoms with Crippen LogP contribution >= 0.6 is 0 Å². The third kappa shape index (κ3) is 12.1. The third-order valence-corrected chi connectivity index (χ3v) is 11.0. The first kappa shape index (κ1) is 48.4. The Hall–Kier alpha value is -6.54. The number of hydrogen-bond acceptors (Lipinski definition) is 17. The van der Waals surface area contributed by atoms with Crippen molar-refractivity contribution in [2.24, 2.45) is 0 Å². The Morgan fingerprint density at radius 2 is 0.985 bits per heavy atom. The number of nitrogens with zero attached hydrogens (tertiary/aromatic N) is 1. The van der Waals surface area contributed by atoms with E-state index in [1.807, 2.05) is 91.0 Å². The van der Waals surface area contributed by atoms with Gasteiger partial charge >= 0.3 is 24.1 Å². The molecule has 4 aromatic carbocycles. The van der Waals surface area contributed by atoms with E-state index >= 15 is 0 Å². The maximum Gasteiger partial charge on any atom is 0.511 e. The van der Waals surface area contributed by atoms with E-state index in [2.05, 4.69) is 0 Å². The molecule has 0 N–H and O–H groups in total. The first-order chi connectivity index (χ1) is 32.4. The van der Waals surface area contributed by atoms with E-state index in [0.29, 0.717) is 4.90 Å². The van der Waals surface area contributed by atoms with E-state index in [1.165, 1.54) is 19.2 Å². The van der Waals surface area contributed by atoms with Crippen LogP contribution < -0.4 is 0 Å². The Morgan fingerprint density at radius 3 is 1.51 bits per heavy atom. The van der Waals surface area contributed by atoms with E-state index in [4.69, 9.17) is 52.1 Å². The predicted octanol–water partition coefficient (Wildman–Crippen LogP) is 5.08. The van der Waals surface area contributed by atoms with Crippen LogP contribution in [0.4, 0.5) is 4.79 Å². The van der Waals surface area contributed by atoms with Crippen LogP contribution in [0.3, 0.4) is 0 Å². The topological polar surface area (TPSA) is 207 Å². The number of fused-ring (bicyclic) bond motifs is 1. The van der Waals surface area contributed by atoms with Crippen LogP contribution in [0.2, 0.25) is 0 Å². The molecule has 2 amide bonds. The number of benzene rings is 4. The molecule has 0 spiro atoms. The molecule has 3 aliphatic heterocycles. The molecule has 67 heavy (non-hydrogen) atoms. The van der Waals surface area contributed by atoms with Crippen molar-refractivity contribution >= 4 is 35.9 Å². The standard InChI is InChI=1S/C49H51NO17/c1-29(51)59-28-38-41(62-30(2)52)42(63-31(3)53)39(50-45(54)35-22-14-15-23-36(35)46(50)55)47(64-38)67-49(56)66-43-40(60-25-33-18-10-6-11-19-33)37(27-58-24-32-16-8-5-9-17-32)65-48(57-4)44(43)61-26-34-20-12-7-13-21-34/h5-23,37-44,47-48H,24-28H2,1-4H3/t37-,38-,39-,40+,41-,42-,43+,44-,47+,48+/m1/s1. The fourth-order valence-corrected chi connectivity index (χ4v) is 8.08. The molecule has 4 aromatic rings. The summed E-state index contributed by atoms with van der Waals surface area (Å²) < 4.78 is 66.4. The lowest BCUT2D eigenvalue weighted by Gasteiger charge is -2.47. The Labute approximate surface area is 386 Å². The van der Waals surface area contributed by atoms with Gasteiger partial charge in [0, 0.05) is 27.9 Å². The first-order valence-electron chi connectivity index (χ1n) is 21.5. The van der Waals surface area contributed by atoms with Crippen molar-refractivity contribution in [2.45, 2.75) is 102 Å². The molecule has 0 unspecified atom stereocenters. The highest BCUT2D eigenvalue weighted by molar-refractivity contribution is 6.21. The van der Waals surface area contributed by atoms with Gasteiger partial charge in [0.15, 0.2) is 24.6 Å². The Morgan fingerprint density at radius 1 is 0.507 bits per heavy atom. The second-order valence-corrected chi connectivity index (χ2v) is 15.8. The quantitative estimate of drug-likeness (QED) is 0.0724. The minimum absolute atomic E-state index is 0.00775. The number of esters is 3. The van der Waals surface area contributed by atoms with Crippen LogP contribution in [0, 0.1) is 0 Å². The van der Waals surface area contributed by atoms with Crippen molar-refractivity contribution in [3.63, 3.8) is 0 Å². The van der Waals surface area contributed by atoms with Gasteiger partial charge in [-0.05, 0) is 28.8 Å². The van der Waals surface area contributed by atoms with E-state index in [-0.39, 0.29) is 37.6 Å². The summed E-state index contributed by atoms with van der Waals surface area (Å²) in [5.74, 6) is -4.28. The van der Waals surface area contributed by atoms with Crippen molar-refractivity contribution in [2.75, 3.05) is 20.3 Å². The van der Waals surface area contributed by atoms with Gasteiger partial charge in [-0.1, -0.05) is 103 Å². The Kier molecular flexibility index (Phi) is 16.5. The molecule has 2 fully saturated rings. The maximum atomic E-state index is 14.6. The highest BCUT2D eigenvalue weighted by atomic mass is 16.8. The molecule has 354 valence electrons. The van der Waals surface area contributed by atoms with Crippen LogP contribution in [-0.2, 0) is 86.3 Å². The number of carbonyl (C=O) groups is 6. The minimum atomic E-state index is -2.01. The predicted molar refractivity (Wildman–Crippen MR) is 230 cm³/mol. The number of rotatable bonds is 18. The van der Waals surface area contributed by atoms with Crippen LogP contribution in [0.1, 0.15) is 58.2 Å². The molecule has 3 heterocycles. The van der Waals surface area contributed by atoms with Gasteiger partial charge in [0.2, 0.25) is 6.29 Å². The van der Waals surface area contributed by atoms with Gasteiger partial charge in [-0.3, -0.25) is 28.9 Å². The van der Waals surface area contributed by atoms with E-state index in [9.17, 15) is 28.8 Å². The lowest BCUT2D eigenvalue weighted by Crippen LogP contribution is -2.68. The molecule has 0 aromatic heterocycles. The van der Waals surface area contributed by atoms with E-state index in [0.717, 1.165) is 37.5 Å². The molecule has 10 atom stereocenters. The largest absolute Gasteiger partial charge is 0.511 e. The molecule has 18 nitrogen and oxygen atoms in total. The molecule has 3 aliphatic rings. The van der Waals surface area contributed by atoms with Gasteiger partial charge in [0.1, 0.15) is 37.1 Å². The van der Waals surface area contributed by atoms with Crippen molar-refractivity contribution < 1.29 is 80.9 Å². The smallest absolute Gasteiger partial charge is 0.463 e. The molecular weight excluding hydrogens is 875 g/mol. The number of hydrogen-bond donors (Lipinski definition) is 0. The normalized spacial score (nSPS) is 25.7. The SMILES string of the molecule is CO[C@H]1O[C@H](COCc2ccccc2)[C@H](OCc2ccccc2)[C@H](OC(=O)O[C@@H]2O[C@H](COC(C)=O)[C@@H](OC(C)=O)[C@H](OC(C)=O)[C@H]2N2C(=O)c3ccccc3C2=O)[C@H]1OCc1ccccc1. The average Bonchev–Trinajstić information content (AvgIpc) is 3.57. The first-order valence-corrected chi connectivity index (χ1v) is 21.5. The zero-order chi connectivity index (χ0) is 47.5. The van der Waals surface area contributed by atoms with Crippen LogP contribution in [0.25, 0.3) is 0 Å². The number of carbonyl (C=O) groups excluding carboxylic acids is 6. The summed E-state index contributed by atoms with van der Waals surface area (Å²) in [6, 6.07) is 32.0. The molecular formula is C49H51NO17. The monoisotopic (exact) mass is 925 g/mol. The summed E-state index contributed by atoms with van der Waals surface area (Å²) in [6.45, 7) is 2.79. The molecule has 0 radical (unpaired) electrons. The summed E-state index contributed by atoms with van der Waals surface area (Å²) in [5, 5.41) is 0.